The van der Waals surface area contributed by atoms with Crippen molar-refractivity contribution in [2.45, 2.75) is 50.5 Å². The van der Waals surface area contributed by atoms with Gasteiger partial charge in [-0.15, -0.1) is 0 Å². The molecule has 4 rings (SSSR count). The number of fused-ring (bicyclic) bond motifs is 1. The summed E-state index contributed by atoms with van der Waals surface area (Å²) in [6.07, 6.45) is 1.64. The number of anilines is 2. The Morgan fingerprint density at radius 3 is 2.45 bits per heavy atom. The minimum Gasteiger partial charge on any atom is -0.371 e. The average molecular weight is 414 g/mol. The fraction of sp³-hybridized carbons (Fsp3) is 0.476. The molecular formula is C21H27N5O2S. The molecule has 0 aliphatic carbocycles. The molecule has 0 amide bonds. The molecule has 1 aromatic heterocycles. The van der Waals surface area contributed by atoms with Gasteiger partial charge in [0.15, 0.2) is 5.11 Å². The SMILES string of the molecule is CC(C)(C)c1ccnc(N[C@@H]2CO[C@@H]3[C@@H]2OC[C@@H]3NC(=S)Nc2ccccc2)n1. The number of nitrogens with one attached hydrogen (secondary N) is 3. The maximum atomic E-state index is 6.03. The summed E-state index contributed by atoms with van der Waals surface area (Å²) < 4.78 is 12.1. The number of benzene rings is 1. The maximum absolute atomic E-state index is 6.03. The number of rotatable bonds is 4. The zero-order valence-electron chi connectivity index (χ0n) is 16.9. The molecule has 2 aliphatic rings. The van der Waals surface area contributed by atoms with Crippen LogP contribution in [0.4, 0.5) is 11.6 Å². The van der Waals surface area contributed by atoms with Crippen molar-refractivity contribution in [3.05, 3.63) is 48.3 Å². The van der Waals surface area contributed by atoms with Crippen LogP contribution >= 0.6 is 12.2 Å². The minimum absolute atomic E-state index is 0.00216. The molecule has 3 heterocycles. The molecule has 0 saturated carbocycles. The Kier molecular flexibility index (Phi) is 5.67. The van der Waals surface area contributed by atoms with Crippen molar-refractivity contribution in [2.24, 2.45) is 0 Å². The molecule has 7 nitrogen and oxygen atoms in total. The Morgan fingerprint density at radius 1 is 1.03 bits per heavy atom. The first-order valence-corrected chi connectivity index (χ1v) is 10.3. The van der Waals surface area contributed by atoms with Crippen LogP contribution in [0.1, 0.15) is 26.5 Å². The maximum Gasteiger partial charge on any atom is 0.223 e. The van der Waals surface area contributed by atoms with Crippen LogP contribution < -0.4 is 16.0 Å². The van der Waals surface area contributed by atoms with Crippen molar-refractivity contribution in [2.75, 3.05) is 23.8 Å². The topological polar surface area (TPSA) is 80.3 Å². The van der Waals surface area contributed by atoms with Crippen molar-refractivity contribution < 1.29 is 9.47 Å². The van der Waals surface area contributed by atoms with E-state index in [0.29, 0.717) is 24.3 Å². The summed E-state index contributed by atoms with van der Waals surface area (Å²) in [6, 6.07) is 11.8. The lowest BCUT2D eigenvalue weighted by Crippen LogP contribution is -2.46. The van der Waals surface area contributed by atoms with Gasteiger partial charge >= 0.3 is 0 Å². The average Bonchev–Trinajstić information content (AvgIpc) is 3.26. The van der Waals surface area contributed by atoms with Gasteiger partial charge in [-0.25, -0.2) is 9.97 Å². The number of aromatic nitrogens is 2. The second kappa shape index (κ2) is 8.22. The Bertz CT molecular complexity index is 858. The Balaban J connectivity index is 1.35. The third-order valence-electron chi connectivity index (χ3n) is 5.14. The van der Waals surface area contributed by atoms with Gasteiger partial charge in [0.1, 0.15) is 12.2 Å². The van der Waals surface area contributed by atoms with Crippen LogP contribution in [-0.2, 0) is 14.9 Å². The molecule has 0 unspecified atom stereocenters. The molecular weight excluding hydrogens is 386 g/mol. The monoisotopic (exact) mass is 413 g/mol. The second-order valence-corrected chi connectivity index (χ2v) is 8.84. The summed E-state index contributed by atoms with van der Waals surface area (Å²) in [7, 11) is 0. The normalized spacial score (nSPS) is 26.0. The van der Waals surface area contributed by atoms with E-state index in [0.717, 1.165) is 11.4 Å². The van der Waals surface area contributed by atoms with E-state index < -0.39 is 0 Å². The molecule has 0 spiro atoms. The molecule has 3 N–H and O–H groups in total. The van der Waals surface area contributed by atoms with Gasteiger partial charge in [-0.05, 0) is 30.4 Å². The van der Waals surface area contributed by atoms with E-state index in [-0.39, 0.29) is 29.7 Å². The summed E-state index contributed by atoms with van der Waals surface area (Å²) in [5.74, 6) is 0.605. The summed E-state index contributed by atoms with van der Waals surface area (Å²) in [5.41, 5.74) is 1.91. The Morgan fingerprint density at radius 2 is 1.72 bits per heavy atom. The van der Waals surface area contributed by atoms with Crippen LogP contribution in [0.25, 0.3) is 0 Å². The summed E-state index contributed by atoms with van der Waals surface area (Å²) in [6.45, 7) is 7.48. The molecule has 8 heteroatoms. The van der Waals surface area contributed by atoms with E-state index in [2.05, 4.69) is 46.7 Å². The third kappa shape index (κ3) is 4.66. The van der Waals surface area contributed by atoms with E-state index in [9.17, 15) is 0 Å². The Labute approximate surface area is 176 Å². The number of hydrogen-bond acceptors (Lipinski definition) is 6. The first kappa shape index (κ1) is 20.0. The van der Waals surface area contributed by atoms with Gasteiger partial charge < -0.3 is 25.4 Å². The summed E-state index contributed by atoms with van der Waals surface area (Å²) >= 11 is 5.45. The van der Waals surface area contributed by atoms with Crippen LogP contribution in [0.5, 0.6) is 0 Å². The Hall–Kier alpha value is -2.29. The number of hydrogen-bond donors (Lipinski definition) is 3. The molecule has 1 aromatic carbocycles. The molecule has 29 heavy (non-hydrogen) atoms. The van der Waals surface area contributed by atoms with Gasteiger partial charge in [0.05, 0.1) is 31.0 Å². The first-order chi connectivity index (χ1) is 13.9. The molecule has 2 saturated heterocycles. The lowest BCUT2D eigenvalue weighted by Gasteiger charge is -2.21. The molecule has 2 aromatic rings. The zero-order chi connectivity index (χ0) is 20.4. The van der Waals surface area contributed by atoms with Crippen molar-refractivity contribution in [1.82, 2.24) is 15.3 Å². The largest absolute Gasteiger partial charge is 0.371 e. The number of nitrogens with zero attached hydrogens (tertiary/aromatic N) is 2. The highest BCUT2D eigenvalue weighted by molar-refractivity contribution is 7.80. The molecule has 4 atom stereocenters. The lowest BCUT2D eigenvalue weighted by atomic mass is 9.92. The highest BCUT2D eigenvalue weighted by Crippen LogP contribution is 2.29. The third-order valence-corrected chi connectivity index (χ3v) is 5.36. The fourth-order valence-electron chi connectivity index (χ4n) is 3.62. The highest BCUT2D eigenvalue weighted by Gasteiger charge is 2.48. The van der Waals surface area contributed by atoms with Gasteiger partial charge in [-0.2, -0.15) is 0 Å². The van der Waals surface area contributed by atoms with Crippen LogP contribution in [0.3, 0.4) is 0 Å². The first-order valence-electron chi connectivity index (χ1n) is 9.86. The molecule has 154 valence electrons. The lowest BCUT2D eigenvalue weighted by molar-refractivity contribution is 0.0689. The standard InChI is InChI=1S/C21H27N5O2S/c1-21(2,3)16-9-10-22-19(26-16)24-14-11-27-18-15(12-28-17(14)18)25-20(29)23-13-7-5-4-6-8-13/h4-10,14-15,17-18H,11-12H2,1-3H3,(H,22,24,26)(H2,23,25,29)/t14-,15+,17-,18+/m1/s1. The zero-order valence-corrected chi connectivity index (χ0v) is 17.7. The second-order valence-electron chi connectivity index (χ2n) is 8.43. The highest BCUT2D eigenvalue weighted by atomic mass is 32.1. The van der Waals surface area contributed by atoms with Crippen molar-refractivity contribution in [3.8, 4) is 0 Å². The van der Waals surface area contributed by atoms with Gasteiger partial charge in [0, 0.05) is 17.3 Å². The van der Waals surface area contributed by atoms with E-state index in [4.69, 9.17) is 21.7 Å². The van der Waals surface area contributed by atoms with Crippen LogP contribution in [0, 0.1) is 0 Å². The minimum atomic E-state index is -0.0752. The summed E-state index contributed by atoms with van der Waals surface area (Å²) in [5, 5.41) is 10.5. The fourth-order valence-corrected chi connectivity index (χ4v) is 3.88. The predicted molar refractivity (Wildman–Crippen MR) is 117 cm³/mol. The number of thiocarbonyl (C=S) groups is 1. The van der Waals surface area contributed by atoms with Gasteiger partial charge in [-0.3, -0.25) is 0 Å². The van der Waals surface area contributed by atoms with Crippen molar-refractivity contribution in [1.29, 1.82) is 0 Å². The van der Waals surface area contributed by atoms with Crippen LogP contribution in [0.15, 0.2) is 42.6 Å². The molecule has 2 aliphatic heterocycles. The number of ether oxygens (including phenoxy) is 2. The molecule has 2 fully saturated rings. The quantitative estimate of drug-likeness (QED) is 0.661. The smallest absolute Gasteiger partial charge is 0.223 e. The van der Waals surface area contributed by atoms with Crippen molar-refractivity contribution >= 4 is 29.0 Å². The molecule has 0 bridgehead atoms. The van der Waals surface area contributed by atoms with Crippen molar-refractivity contribution in [3.63, 3.8) is 0 Å². The van der Waals surface area contributed by atoms with E-state index in [1.165, 1.54) is 0 Å². The van der Waals surface area contributed by atoms with E-state index in [1.54, 1.807) is 6.20 Å². The van der Waals surface area contributed by atoms with Gasteiger partial charge in [0.25, 0.3) is 0 Å². The van der Waals surface area contributed by atoms with E-state index in [1.807, 2.05) is 36.4 Å². The molecule has 0 radical (unpaired) electrons. The van der Waals surface area contributed by atoms with Crippen LogP contribution in [0.2, 0.25) is 0 Å². The van der Waals surface area contributed by atoms with Crippen LogP contribution in [-0.4, -0.2) is 52.6 Å². The van der Waals surface area contributed by atoms with Gasteiger partial charge in [0.2, 0.25) is 5.95 Å². The summed E-state index contributed by atoms with van der Waals surface area (Å²) in [4.78, 5) is 9.02. The van der Waals surface area contributed by atoms with Gasteiger partial charge in [-0.1, -0.05) is 39.0 Å². The van der Waals surface area contributed by atoms with E-state index >= 15 is 0 Å². The number of para-hydroxylation sites is 1. The predicted octanol–water partition coefficient (Wildman–Crippen LogP) is 2.71.